The van der Waals surface area contributed by atoms with Crippen molar-refractivity contribution >= 4 is 29.4 Å². The van der Waals surface area contributed by atoms with Crippen LogP contribution in [0, 0.1) is 0 Å². The van der Waals surface area contributed by atoms with Gasteiger partial charge in [0.05, 0.1) is 11.4 Å². The number of carbonyl (C=O) groups excluding carboxylic acids is 2. The smallest absolute Gasteiger partial charge is 0.422 e. The van der Waals surface area contributed by atoms with Crippen LogP contribution in [0.2, 0.25) is 0 Å². The van der Waals surface area contributed by atoms with Gasteiger partial charge in [-0.1, -0.05) is 12.1 Å². The SMILES string of the molecule is COCCCn1nc2c(c1NC(=O)CSC)C(=O)NC(CCc1cccc(OCC(F)(F)F)c1)C2. The molecule has 2 N–H and O–H groups in total. The van der Waals surface area contributed by atoms with E-state index >= 15 is 0 Å². The van der Waals surface area contributed by atoms with Gasteiger partial charge in [-0.15, -0.1) is 0 Å². The van der Waals surface area contributed by atoms with E-state index in [-0.39, 0.29) is 29.4 Å². The van der Waals surface area contributed by atoms with Crippen molar-refractivity contribution in [2.45, 2.75) is 44.4 Å². The third-order valence-corrected chi connectivity index (χ3v) is 5.91. The lowest BCUT2D eigenvalue weighted by Gasteiger charge is -2.23. The second kappa shape index (κ2) is 12.3. The van der Waals surface area contributed by atoms with Crippen LogP contribution in [0.4, 0.5) is 19.0 Å². The van der Waals surface area contributed by atoms with Crippen LogP contribution in [0.25, 0.3) is 0 Å². The third-order valence-electron chi connectivity index (χ3n) is 5.36. The van der Waals surface area contributed by atoms with Gasteiger partial charge in [0.1, 0.15) is 17.1 Å². The minimum Gasteiger partial charge on any atom is -0.484 e. The van der Waals surface area contributed by atoms with Crippen molar-refractivity contribution in [2.24, 2.45) is 0 Å². The molecule has 0 bridgehead atoms. The van der Waals surface area contributed by atoms with Gasteiger partial charge in [0.2, 0.25) is 5.91 Å². The summed E-state index contributed by atoms with van der Waals surface area (Å²) in [5.74, 6) is 0.274. The zero-order valence-electron chi connectivity index (χ0n) is 19.6. The van der Waals surface area contributed by atoms with Gasteiger partial charge < -0.3 is 20.1 Å². The van der Waals surface area contributed by atoms with Crippen molar-refractivity contribution in [1.29, 1.82) is 0 Å². The predicted octanol–water partition coefficient (Wildman–Crippen LogP) is 3.45. The molecule has 35 heavy (non-hydrogen) atoms. The number of ether oxygens (including phenoxy) is 2. The number of amides is 2. The summed E-state index contributed by atoms with van der Waals surface area (Å²) in [6.45, 7) is -0.345. The van der Waals surface area contributed by atoms with Crippen molar-refractivity contribution in [3.63, 3.8) is 0 Å². The molecule has 0 fully saturated rings. The second-order valence-electron chi connectivity index (χ2n) is 8.19. The average molecular weight is 515 g/mol. The molecule has 1 aliphatic rings. The minimum absolute atomic E-state index is 0.148. The van der Waals surface area contributed by atoms with Crippen LogP contribution in [-0.2, 0) is 28.9 Å². The van der Waals surface area contributed by atoms with Crippen LogP contribution in [0.5, 0.6) is 5.75 Å². The molecule has 0 saturated carbocycles. The van der Waals surface area contributed by atoms with Gasteiger partial charge in [0, 0.05) is 32.7 Å². The first-order valence-electron chi connectivity index (χ1n) is 11.2. The molecule has 0 radical (unpaired) electrons. The molecule has 0 aliphatic carbocycles. The number of anilines is 1. The Morgan fingerprint density at radius 3 is 2.89 bits per heavy atom. The molecule has 2 amide bonds. The molecule has 1 aromatic heterocycles. The van der Waals surface area contributed by atoms with Crippen molar-refractivity contribution in [3.05, 3.63) is 41.1 Å². The maximum atomic E-state index is 13.0. The Labute approximate surface area is 205 Å². The largest absolute Gasteiger partial charge is 0.484 e. The van der Waals surface area contributed by atoms with Gasteiger partial charge in [-0.25, -0.2) is 4.68 Å². The number of thioether (sulfide) groups is 1. The number of rotatable bonds is 12. The van der Waals surface area contributed by atoms with E-state index < -0.39 is 12.8 Å². The van der Waals surface area contributed by atoms with Crippen LogP contribution >= 0.6 is 11.8 Å². The highest BCUT2D eigenvalue weighted by atomic mass is 32.2. The molecule has 1 unspecified atom stereocenters. The standard InChI is InChI=1S/C23H29F3N4O4S/c1-33-10-4-9-30-21(28-19(31)13-35-2)20-18(29-30)12-16(27-22(20)32)8-7-15-5-3-6-17(11-15)34-14-23(24,25)26/h3,5-6,11,16H,4,7-10,12-14H2,1-2H3,(H,27,32)(H,28,31). The third kappa shape index (κ3) is 7.89. The number of nitrogens with zero attached hydrogens (tertiary/aromatic N) is 2. The van der Waals surface area contributed by atoms with E-state index in [1.165, 1.54) is 17.8 Å². The molecular formula is C23H29F3N4O4S. The lowest BCUT2D eigenvalue weighted by molar-refractivity contribution is -0.153. The quantitative estimate of drug-likeness (QED) is 0.422. The Morgan fingerprint density at radius 1 is 1.37 bits per heavy atom. The molecule has 1 atom stereocenters. The number of halogens is 3. The van der Waals surface area contributed by atoms with E-state index in [9.17, 15) is 22.8 Å². The molecule has 0 saturated heterocycles. The van der Waals surface area contributed by atoms with Gasteiger partial charge in [-0.05, 0) is 43.2 Å². The Morgan fingerprint density at radius 2 is 2.17 bits per heavy atom. The zero-order chi connectivity index (χ0) is 25.4. The molecule has 1 aliphatic heterocycles. The average Bonchev–Trinajstić information content (AvgIpc) is 3.14. The van der Waals surface area contributed by atoms with Crippen LogP contribution in [0.15, 0.2) is 24.3 Å². The number of nitrogens with one attached hydrogen (secondary N) is 2. The van der Waals surface area contributed by atoms with Gasteiger partial charge in [0.15, 0.2) is 6.61 Å². The second-order valence-corrected chi connectivity index (χ2v) is 9.05. The molecule has 3 rings (SSSR count). The van der Waals surface area contributed by atoms with Gasteiger partial charge in [0.25, 0.3) is 5.91 Å². The van der Waals surface area contributed by atoms with E-state index in [2.05, 4.69) is 15.7 Å². The number of aromatic nitrogens is 2. The van der Waals surface area contributed by atoms with Crippen LogP contribution in [-0.4, -0.2) is 66.1 Å². The van der Waals surface area contributed by atoms with Crippen LogP contribution in [0.3, 0.4) is 0 Å². The van der Waals surface area contributed by atoms with Crippen LogP contribution in [0.1, 0.15) is 34.5 Å². The first kappa shape index (κ1) is 26.9. The van der Waals surface area contributed by atoms with Crippen molar-refractivity contribution in [2.75, 3.05) is 37.6 Å². The summed E-state index contributed by atoms with van der Waals surface area (Å²) in [5, 5.41) is 10.4. The van der Waals surface area contributed by atoms with Gasteiger partial charge >= 0.3 is 6.18 Å². The molecule has 12 heteroatoms. The molecule has 2 aromatic rings. The lowest BCUT2D eigenvalue weighted by atomic mass is 9.96. The zero-order valence-corrected chi connectivity index (χ0v) is 20.4. The minimum atomic E-state index is -4.40. The highest BCUT2D eigenvalue weighted by Crippen LogP contribution is 2.27. The van der Waals surface area contributed by atoms with Gasteiger partial charge in [-0.2, -0.15) is 30.0 Å². The van der Waals surface area contributed by atoms with Crippen molar-refractivity contribution in [1.82, 2.24) is 15.1 Å². The number of alkyl halides is 3. The molecule has 192 valence electrons. The summed E-state index contributed by atoms with van der Waals surface area (Å²) in [6.07, 6.45) is -0.330. The van der Waals surface area contributed by atoms with Crippen molar-refractivity contribution < 1.29 is 32.2 Å². The maximum Gasteiger partial charge on any atom is 0.422 e. The molecule has 1 aromatic carbocycles. The molecule has 2 heterocycles. The first-order valence-corrected chi connectivity index (χ1v) is 12.6. The summed E-state index contributed by atoms with van der Waals surface area (Å²) in [7, 11) is 1.60. The molecular weight excluding hydrogens is 485 g/mol. The van der Waals surface area contributed by atoms with E-state index in [0.717, 1.165) is 5.56 Å². The highest BCUT2D eigenvalue weighted by Gasteiger charge is 2.32. The fraction of sp³-hybridized carbons (Fsp3) is 0.522. The number of carbonyl (C=O) groups is 2. The number of hydrogen-bond donors (Lipinski definition) is 2. The first-order chi connectivity index (χ1) is 16.7. The fourth-order valence-corrected chi connectivity index (χ4v) is 4.19. The van der Waals surface area contributed by atoms with E-state index in [0.29, 0.717) is 55.9 Å². The summed E-state index contributed by atoms with van der Waals surface area (Å²) in [6, 6.07) is 6.30. The van der Waals surface area contributed by atoms with E-state index in [4.69, 9.17) is 9.47 Å². The normalized spacial score (nSPS) is 15.5. The summed E-state index contributed by atoms with van der Waals surface area (Å²) < 4.78 is 48.8. The van der Waals surface area contributed by atoms with Crippen molar-refractivity contribution in [3.8, 4) is 5.75 Å². The highest BCUT2D eigenvalue weighted by molar-refractivity contribution is 7.99. The molecule has 8 nitrogen and oxygen atoms in total. The summed E-state index contributed by atoms with van der Waals surface area (Å²) in [4.78, 5) is 25.2. The maximum absolute atomic E-state index is 13.0. The van der Waals surface area contributed by atoms with E-state index in [1.54, 1.807) is 30.0 Å². The number of methoxy groups -OCH3 is 1. The predicted molar refractivity (Wildman–Crippen MR) is 127 cm³/mol. The number of aryl methyl sites for hydroxylation is 2. The Kier molecular flexibility index (Phi) is 9.44. The number of benzene rings is 1. The number of fused-ring (bicyclic) bond motifs is 1. The lowest BCUT2D eigenvalue weighted by Crippen LogP contribution is -2.41. The fourth-order valence-electron chi connectivity index (χ4n) is 3.85. The molecule has 0 spiro atoms. The monoisotopic (exact) mass is 514 g/mol. The Hall–Kier alpha value is -2.73. The number of hydrogen-bond acceptors (Lipinski definition) is 6. The summed E-state index contributed by atoms with van der Waals surface area (Å²) in [5.41, 5.74) is 1.79. The Bertz CT molecular complexity index is 1030. The topological polar surface area (TPSA) is 94.5 Å². The van der Waals surface area contributed by atoms with Crippen LogP contribution < -0.4 is 15.4 Å². The van der Waals surface area contributed by atoms with E-state index in [1.807, 2.05) is 6.26 Å². The summed E-state index contributed by atoms with van der Waals surface area (Å²) >= 11 is 1.38. The van der Waals surface area contributed by atoms with Gasteiger partial charge in [-0.3, -0.25) is 9.59 Å². The Balaban J connectivity index is 1.69.